The molecule has 128 valence electrons. The molecule has 1 aromatic carbocycles. The van der Waals surface area contributed by atoms with Crippen molar-refractivity contribution in [1.82, 2.24) is 15.2 Å². The molecule has 0 bridgehead atoms. The second kappa shape index (κ2) is 10.8. The van der Waals surface area contributed by atoms with Crippen LogP contribution in [0.1, 0.15) is 31.2 Å². The number of nitrogens with one attached hydrogen (secondary N) is 1. The molecule has 0 atom stereocenters. The van der Waals surface area contributed by atoms with E-state index in [4.69, 9.17) is 0 Å². The predicted octanol–water partition coefficient (Wildman–Crippen LogP) is 4.15. The van der Waals surface area contributed by atoms with Gasteiger partial charge in [-0.05, 0) is 25.0 Å². The summed E-state index contributed by atoms with van der Waals surface area (Å²) in [5.41, 5.74) is 1.12. The van der Waals surface area contributed by atoms with E-state index in [1.54, 1.807) is 11.3 Å². The zero-order valence-electron chi connectivity index (χ0n) is 14.2. The van der Waals surface area contributed by atoms with Crippen LogP contribution in [0.5, 0.6) is 0 Å². The van der Waals surface area contributed by atoms with Gasteiger partial charge in [0.25, 0.3) is 0 Å². The van der Waals surface area contributed by atoms with Crippen LogP contribution < -0.4 is 5.32 Å². The van der Waals surface area contributed by atoms with E-state index in [-0.39, 0.29) is 24.0 Å². The molecular weight excluding hydrogens is 419 g/mol. The van der Waals surface area contributed by atoms with Crippen molar-refractivity contribution in [3.05, 3.63) is 29.3 Å². The van der Waals surface area contributed by atoms with Gasteiger partial charge in [-0.3, -0.25) is 4.99 Å². The van der Waals surface area contributed by atoms with Crippen molar-refractivity contribution in [2.75, 3.05) is 27.2 Å². The summed E-state index contributed by atoms with van der Waals surface area (Å²) in [7, 11) is 3.94. The number of thiazole rings is 1. The average molecular weight is 446 g/mol. The number of fused-ring (bicyclic) bond motifs is 1. The van der Waals surface area contributed by atoms with Gasteiger partial charge in [0.05, 0.1) is 15.2 Å². The molecule has 0 spiro atoms. The number of rotatable bonds is 7. The molecule has 0 saturated heterocycles. The molecule has 4 nitrogen and oxygen atoms in total. The minimum atomic E-state index is 0. The molecule has 0 aliphatic heterocycles. The normalized spacial score (nSPS) is 11.3. The van der Waals surface area contributed by atoms with Crippen molar-refractivity contribution in [1.29, 1.82) is 0 Å². The molecule has 0 radical (unpaired) electrons. The third kappa shape index (κ3) is 6.25. The molecular formula is C17H27IN4S. The molecule has 1 N–H and O–H groups in total. The fraction of sp³-hybridized carbons (Fsp3) is 0.529. The van der Waals surface area contributed by atoms with Crippen molar-refractivity contribution in [3.8, 4) is 0 Å². The number of para-hydroxylation sites is 1. The summed E-state index contributed by atoms with van der Waals surface area (Å²) >= 11 is 1.80. The highest BCUT2D eigenvalue weighted by molar-refractivity contribution is 14.0. The minimum Gasteiger partial charge on any atom is -0.356 e. The monoisotopic (exact) mass is 446 g/mol. The average Bonchev–Trinajstić information content (AvgIpc) is 2.95. The number of benzene rings is 1. The maximum Gasteiger partial charge on any atom is 0.193 e. The Bertz CT molecular complexity index is 578. The van der Waals surface area contributed by atoms with Crippen LogP contribution in [0.25, 0.3) is 10.2 Å². The van der Waals surface area contributed by atoms with E-state index >= 15 is 0 Å². The van der Waals surface area contributed by atoms with E-state index in [0.717, 1.165) is 37.4 Å². The summed E-state index contributed by atoms with van der Waals surface area (Å²) < 4.78 is 1.28. The lowest BCUT2D eigenvalue weighted by Crippen LogP contribution is -2.39. The quantitative estimate of drug-likeness (QED) is 0.301. The number of aliphatic imine (C=N–C) groups is 1. The summed E-state index contributed by atoms with van der Waals surface area (Å²) in [5, 5.41) is 4.65. The molecule has 0 aliphatic carbocycles. The number of halogens is 1. The standard InChI is InChI=1S/C17H26N4S.HI/c1-4-5-13-21(3)17(18-2)19-12-8-11-16-20-14-9-6-7-10-15(14)22-16;/h6-7,9-10H,4-5,8,11-13H2,1-3H3,(H,18,19);1H. The van der Waals surface area contributed by atoms with Crippen molar-refractivity contribution in [3.63, 3.8) is 0 Å². The first-order chi connectivity index (χ1) is 10.7. The second-order valence-electron chi connectivity index (χ2n) is 5.43. The van der Waals surface area contributed by atoms with Crippen LogP contribution in [0, 0.1) is 0 Å². The Hall–Kier alpha value is -0.890. The molecule has 6 heteroatoms. The molecule has 0 saturated carbocycles. The Labute approximate surface area is 160 Å². The topological polar surface area (TPSA) is 40.5 Å². The first-order valence-corrected chi connectivity index (χ1v) is 8.82. The molecule has 2 aromatic rings. The molecule has 1 heterocycles. The lowest BCUT2D eigenvalue weighted by molar-refractivity contribution is 0.464. The van der Waals surface area contributed by atoms with Crippen molar-refractivity contribution in [2.24, 2.45) is 4.99 Å². The Morgan fingerprint density at radius 3 is 2.78 bits per heavy atom. The highest BCUT2D eigenvalue weighted by Crippen LogP contribution is 2.22. The molecule has 1 aromatic heterocycles. The largest absolute Gasteiger partial charge is 0.356 e. The van der Waals surface area contributed by atoms with Crippen molar-refractivity contribution >= 4 is 51.5 Å². The van der Waals surface area contributed by atoms with Gasteiger partial charge in [0.15, 0.2) is 5.96 Å². The maximum absolute atomic E-state index is 4.68. The number of nitrogens with zero attached hydrogens (tertiary/aromatic N) is 3. The van der Waals surface area contributed by atoms with E-state index in [9.17, 15) is 0 Å². The Morgan fingerprint density at radius 2 is 2.09 bits per heavy atom. The van der Waals surface area contributed by atoms with Crippen LogP contribution in [-0.2, 0) is 6.42 Å². The number of aromatic nitrogens is 1. The molecule has 0 fully saturated rings. The third-order valence-corrected chi connectivity index (χ3v) is 4.71. The van der Waals surface area contributed by atoms with Gasteiger partial charge in [0, 0.05) is 33.6 Å². The minimum absolute atomic E-state index is 0. The highest BCUT2D eigenvalue weighted by Gasteiger charge is 2.05. The lowest BCUT2D eigenvalue weighted by atomic mass is 10.3. The first-order valence-electron chi connectivity index (χ1n) is 8.00. The SMILES string of the molecule is CCCCN(C)C(=NC)NCCCc1nc2ccccc2s1.I. The first kappa shape index (κ1) is 20.2. The number of guanidine groups is 1. The van der Waals surface area contributed by atoms with Gasteiger partial charge in [-0.1, -0.05) is 25.5 Å². The number of hydrogen-bond donors (Lipinski definition) is 1. The number of aryl methyl sites for hydroxylation is 1. The summed E-state index contributed by atoms with van der Waals surface area (Å²) in [6, 6.07) is 8.34. The fourth-order valence-corrected chi connectivity index (χ4v) is 3.36. The Kier molecular flexibility index (Phi) is 9.47. The second-order valence-corrected chi connectivity index (χ2v) is 6.54. The molecule has 2 rings (SSSR count). The van der Waals surface area contributed by atoms with Crippen molar-refractivity contribution in [2.45, 2.75) is 32.6 Å². The number of unbranched alkanes of at least 4 members (excludes halogenated alkanes) is 1. The van der Waals surface area contributed by atoms with Gasteiger partial charge in [0.1, 0.15) is 0 Å². The van der Waals surface area contributed by atoms with Crippen LogP contribution >= 0.6 is 35.3 Å². The molecule has 0 unspecified atom stereocenters. The third-order valence-electron chi connectivity index (χ3n) is 3.61. The van der Waals surface area contributed by atoms with Crippen LogP contribution in [-0.4, -0.2) is 43.0 Å². The maximum atomic E-state index is 4.68. The van der Waals surface area contributed by atoms with Gasteiger partial charge >= 0.3 is 0 Å². The zero-order valence-corrected chi connectivity index (χ0v) is 17.4. The summed E-state index contributed by atoms with van der Waals surface area (Å²) in [4.78, 5) is 11.2. The van der Waals surface area contributed by atoms with Gasteiger partial charge in [0.2, 0.25) is 0 Å². The van der Waals surface area contributed by atoms with Gasteiger partial charge < -0.3 is 10.2 Å². The molecule has 0 amide bonds. The fourth-order valence-electron chi connectivity index (χ4n) is 2.35. The van der Waals surface area contributed by atoms with Gasteiger partial charge in [-0.15, -0.1) is 35.3 Å². The van der Waals surface area contributed by atoms with Crippen molar-refractivity contribution < 1.29 is 0 Å². The summed E-state index contributed by atoms with van der Waals surface area (Å²) in [5.74, 6) is 0.984. The van der Waals surface area contributed by atoms with E-state index in [1.165, 1.54) is 22.5 Å². The summed E-state index contributed by atoms with van der Waals surface area (Å²) in [6.45, 7) is 4.19. The lowest BCUT2D eigenvalue weighted by Gasteiger charge is -2.21. The van der Waals surface area contributed by atoms with E-state index in [0.29, 0.717) is 0 Å². The highest BCUT2D eigenvalue weighted by atomic mass is 127. The van der Waals surface area contributed by atoms with E-state index < -0.39 is 0 Å². The van der Waals surface area contributed by atoms with E-state index in [2.05, 4.69) is 52.4 Å². The van der Waals surface area contributed by atoms with Crippen LogP contribution in [0.2, 0.25) is 0 Å². The summed E-state index contributed by atoms with van der Waals surface area (Å²) in [6.07, 6.45) is 4.49. The Balaban J connectivity index is 0.00000264. The van der Waals surface area contributed by atoms with E-state index in [1.807, 2.05) is 13.1 Å². The van der Waals surface area contributed by atoms with Crippen LogP contribution in [0.3, 0.4) is 0 Å². The van der Waals surface area contributed by atoms with Crippen LogP contribution in [0.15, 0.2) is 29.3 Å². The zero-order chi connectivity index (χ0) is 15.8. The van der Waals surface area contributed by atoms with Gasteiger partial charge in [-0.2, -0.15) is 0 Å². The predicted molar refractivity (Wildman–Crippen MR) is 112 cm³/mol. The molecule has 23 heavy (non-hydrogen) atoms. The Morgan fingerprint density at radius 1 is 1.30 bits per heavy atom. The van der Waals surface area contributed by atoms with Crippen LogP contribution in [0.4, 0.5) is 0 Å². The van der Waals surface area contributed by atoms with Gasteiger partial charge in [-0.25, -0.2) is 4.98 Å². The number of hydrogen-bond acceptors (Lipinski definition) is 3. The molecule has 0 aliphatic rings. The smallest absolute Gasteiger partial charge is 0.193 e.